The number of carbonyl (C=O) groups excluding carboxylic acids is 1. The van der Waals surface area contributed by atoms with Crippen molar-refractivity contribution < 1.29 is 14.3 Å². The molecule has 1 amide bonds. The van der Waals surface area contributed by atoms with Gasteiger partial charge in [-0.1, -0.05) is 0 Å². The van der Waals surface area contributed by atoms with E-state index in [1.807, 2.05) is 0 Å². The SMILES string of the molecule is Nc1ccc(C(=O)N2CCCC3(C2)OCCO3)nc1. The van der Waals surface area contributed by atoms with Crippen LogP contribution in [-0.2, 0) is 9.47 Å². The van der Waals surface area contributed by atoms with E-state index in [-0.39, 0.29) is 5.91 Å². The molecular formula is C13H17N3O3. The molecule has 1 aromatic rings. The van der Waals surface area contributed by atoms with E-state index in [2.05, 4.69) is 4.98 Å². The van der Waals surface area contributed by atoms with Crippen molar-refractivity contribution in [2.45, 2.75) is 18.6 Å². The van der Waals surface area contributed by atoms with Crippen LogP contribution in [0.1, 0.15) is 23.3 Å². The molecule has 2 fully saturated rings. The van der Waals surface area contributed by atoms with Gasteiger partial charge < -0.3 is 20.1 Å². The summed E-state index contributed by atoms with van der Waals surface area (Å²) >= 11 is 0. The molecule has 0 saturated carbocycles. The molecule has 0 aliphatic carbocycles. The van der Waals surface area contributed by atoms with Crippen LogP contribution in [0.15, 0.2) is 18.3 Å². The summed E-state index contributed by atoms with van der Waals surface area (Å²) in [6, 6.07) is 3.33. The zero-order chi connectivity index (χ0) is 13.3. The number of nitrogens with two attached hydrogens (primary N) is 1. The lowest BCUT2D eigenvalue weighted by atomic mass is 10.0. The monoisotopic (exact) mass is 263 g/mol. The largest absolute Gasteiger partial charge is 0.397 e. The number of nitrogens with zero attached hydrogens (tertiary/aromatic N) is 2. The molecule has 0 aromatic carbocycles. The van der Waals surface area contributed by atoms with Crippen molar-refractivity contribution >= 4 is 11.6 Å². The minimum Gasteiger partial charge on any atom is -0.397 e. The molecular weight excluding hydrogens is 246 g/mol. The van der Waals surface area contributed by atoms with Gasteiger partial charge in [0.25, 0.3) is 5.91 Å². The van der Waals surface area contributed by atoms with Gasteiger partial charge in [-0.15, -0.1) is 0 Å². The Balaban J connectivity index is 1.74. The van der Waals surface area contributed by atoms with Crippen LogP contribution in [0.3, 0.4) is 0 Å². The first-order valence-corrected chi connectivity index (χ1v) is 6.47. The van der Waals surface area contributed by atoms with Crippen LogP contribution < -0.4 is 5.73 Å². The van der Waals surface area contributed by atoms with Crippen molar-refractivity contribution in [1.29, 1.82) is 0 Å². The second-order valence-electron chi connectivity index (χ2n) is 4.91. The summed E-state index contributed by atoms with van der Waals surface area (Å²) < 4.78 is 11.3. The van der Waals surface area contributed by atoms with Gasteiger partial charge in [-0.2, -0.15) is 0 Å². The average Bonchev–Trinajstić information content (AvgIpc) is 2.87. The topological polar surface area (TPSA) is 77.7 Å². The Kier molecular flexibility index (Phi) is 3.12. The lowest BCUT2D eigenvalue weighted by Crippen LogP contribution is -2.51. The van der Waals surface area contributed by atoms with Crippen LogP contribution in [-0.4, -0.2) is 47.9 Å². The zero-order valence-corrected chi connectivity index (χ0v) is 10.7. The number of nitrogen functional groups attached to an aromatic ring is 1. The van der Waals surface area contributed by atoms with E-state index in [4.69, 9.17) is 15.2 Å². The number of hydrogen-bond donors (Lipinski definition) is 1. The van der Waals surface area contributed by atoms with Crippen LogP contribution in [0.2, 0.25) is 0 Å². The summed E-state index contributed by atoms with van der Waals surface area (Å²) in [6.07, 6.45) is 3.21. The summed E-state index contributed by atoms with van der Waals surface area (Å²) in [5.41, 5.74) is 6.53. The molecule has 3 rings (SSSR count). The third-order valence-electron chi connectivity index (χ3n) is 3.52. The van der Waals surface area contributed by atoms with E-state index in [0.29, 0.717) is 37.7 Å². The maximum Gasteiger partial charge on any atom is 0.272 e. The van der Waals surface area contributed by atoms with Crippen LogP contribution in [0.25, 0.3) is 0 Å². The molecule has 0 bridgehead atoms. The first kappa shape index (κ1) is 12.4. The van der Waals surface area contributed by atoms with Crippen LogP contribution in [0, 0.1) is 0 Å². The Morgan fingerprint density at radius 2 is 2.16 bits per heavy atom. The van der Waals surface area contributed by atoms with E-state index in [1.165, 1.54) is 6.20 Å². The van der Waals surface area contributed by atoms with Crippen molar-refractivity contribution in [1.82, 2.24) is 9.88 Å². The second-order valence-corrected chi connectivity index (χ2v) is 4.91. The molecule has 0 unspecified atom stereocenters. The Morgan fingerprint density at radius 1 is 1.37 bits per heavy atom. The van der Waals surface area contributed by atoms with Crippen LogP contribution in [0.4, 0.5) is 5.69 Å². The number of likely N-dealkylation sites (tertiary alicyclic amines) is 1. The predicted molar refractivity (Wildman–Crippen MR) is 68.4 cm³/mol. The second kappa shape index (κ2) is 4.79. The summed E-state index contributed by atoms with van der Waals surface area (Å²) in [5, 5.41) is 0. The van der Waals surface area contributed by atoms with E-state index < -0.39 is 5.79 Å². The maximum atomic E-state index is 12.4. The van der Waals surface area contributed by atoms with Gasteiger partial charge in [0.15, 0.2) is 5.79 Å². The summed E-state index contributed by atoms with van der Waals surface area (Å²) in [6.45, 7) is 2.38. The number of piperidine rings is 1. The minimum atomic E-state index is -0.596. The molecule has 3 heterocycles. The van der Waals surface area contributed by atoms with Gasteiger partial charge >= 0.3 is 0 Å². The normalized spacial score (nSPS) is 21.8. The third-order valence-corrected chi connectivity index (χ3v) is 3.52. The van der Waals surface area contributed by atoms with E-state index in [1.54, 1.807) is 17.0 Å². The number of pyridine rings is 1. The van der Waals surface area contributed by atoms with E-state index in [9.17, 15) is 4.79 Å². The lowest BCUT2D eigenvalue weighted by Gasteiger charge is -2.38. The molecule has 2 aliphatic rings. The van der Waals surface area contributed by atoms with Crippen molar-refractivity contribution in [3.05, 3.63) is 24.0 Å². The van der Waals surface area contributed by atoms with Gasteiger partial charge in [0.1, 0.15) is 5.69 Å². The molecule has 6 heteroatoms. The third kappa shape index (κ3) is 2.41. The number of aromatic nitrogens is 1. The Morgan fingerprint density at radius 3 is 2.84 bits per heavy atom. The quantitative estimate of drug-likeness (QED) is 0.804. The molecule has 2 aliphatic heterocycles. The molecule has 1 aromatic heterocycles. The molecule has 1 spiro atoms. The summed E-state index contributed by atoms with van der Waals surface area (Å²) in [5.74, 6) is -0.694. The Labute approximate surface area is 111 Å². The van der Waals surface area contributed by atoms with E-state index >= 15 is 0 Å². The van der Waals surface area contributed by atoms with Crippen molar-refractivity contribution in [2.24, 2.45) is 0 Å². The minimum absolute atomic E-state index is 0.0989. The van der Waals surface area contributed by atoms with Crippen molar-refractivity contribution in [3.63, 3.8) is 0 Å². The lowest BCUT2D eigenvalue weighted by molar-refractivity contribution is -0.183. The predicted octanol–water partition coefficient (Wildman–Crippen LogP) is 0.643. The van der Waals surface area contributed by atoms with Gasteiger partial charge in [0.05, 0.1) is 31.6 Å². The molecule has 2 saturated heterocycles. The number of amides is 1. The number of rotatable bonds is 1. The maximum absolute atomic E-state index is 12.4. The van der Waals surface area contributed by atoms with Gasteiger partial charge in [0, 0.05) is 13.0 Å². The number of carbonyl (C=O) groups is 1. The highest BCUT2D eigenvalue weighted by atomic mass is 16.7. The van der Waals surface area contributed by atoms with Gasteiger partial charge in [-0.25, -0.2) is 4.98 Å². The van der Waals surface area contributed by atoms with Gasteiger partial charge in [-0.3, -0.25) is 4.79 Å². The highest BCUT2D eigenvalue weighted by Gasteiger charge is 2.42. The van der Waals surface area contributed by atoms with Crippen LogP contribution in [0.5, 0.6) is 0 Å². The fourth-order valence-electron chi connectivity index (χ4n) is 2.59. The number of anilines is 1. The molecule has 19 heavy (non-hydrogen) atoms. The standard InChI is InChI=1S/C13H17N3O3/c14-10-2-3-11(15-8-10)12(17)16-5-1-4-13(9-16)18-6-7-19-13/h2-3,8H,1,4-7,9,14H2. The highest BCUT2D eigenvalue weighted by Crippen LogP contribution is 2.30. The smallest absolute Gasteiger partial charge is 0.272 e. The van der Waals surface area contributed by atoms with Crippen LogP contribution >= 0.6 is 0 Å². The fraction of sp³-hybridized carbons (Fsp3) is 0.538. The molecule has 2 N–H and O–H groups in total. The molecule has 0 radical (unpaired) electrons. The Hall–Kier alpha value is -1.66. The highest BCUT2D eigenvalue weighted by molar-refractivity contribution is 5.92. The summed E-state index contributed by atoms with van der Waals surface area (Å²) in [7, 11) is 0. The van der Waals surface area contributed by atoms with Gasteiger partial charge in [-0.05, 0) is 18.6 Å². The Bertz CT molecular complexity index is 469. The molecule has 6 nitrogen and oxygen atoms in total. The number of ether oxygens (including phenoxy) is 2. The molecule has 102 valence electrons. The van der Waals surface area contributed by atoms with E-state index in [0.717, 1.165) is 12.8 Å². The zero-order valence-electron chi connectivity index (χ0n) is 10.7. The first-order valence-electron chi connectivity index (χ1n) is 6.47. The number of hydrogen-bond acceptors (Lipinski definition) is 5. The molecule has 0 atom stereocenters. The van der Waals surface area contributed by atoms with Gasteiger partial charge in [0.2, 0.25) is 0 Å². The fourth-order valence-corrected chi connectivity index (χ4v) is 2.59. The summed E-state index contributed by atoms with van der Waals surface area (Å²) in [4.78, 5) is 18.2. The van der Waals surface area contributed by atoms with Crippen molar-refractivity contribution in [3.8, 4) is 0 Å². The van der Waals surface area contributed by atoms with Crippen molar-refractivity contribution in [2.75, 3.05) is 32.0 Å². The first-order chi connectivity index (χ1) is 9.19. The average molecular weight is 263 g/mol.